The average Bonchev–Trinajstić information content (AvgIpc) is 3.28. The van der Waals surface area contributed by atoms with E-state index in [2.05, 4.69) is 21.1 Å². The van der Waals surface area contributed by atoms with E-state index >= 15 is 0 Å². The Labute approximate surface area is 188 Å². The van der Waals surface area contributed by atoms with Gasteiger partial charge in [0.25, 0.3) is 0 Å². The van der Waals surface area contributed by atoms with Crippen LogP contribution >= 0.6 is 0 Å². The predicted molar refractivity (Wildman–Crippen MR) is 126 cm³/mol. The predicted octanol–water partition coefficient (Wildman–Crippen LogP) is 3.62. The van der Waals surface area contributed by atoms with Crippen molar-refractivity contribution in [3.63, 3.8) is 0 Å². The lowest BCUT2D eigenvalue weighted by molar-refractivity contribution is -0.107. The zero-order chi connectivity index (χ0) is 23.1. The number of ketones is 1. The summed E-state index contributed by atoms with van der Waals surface area (Å²) in [6.45, 7) is 8.19. The van der Waals surface area contributed by atoms with E-state index in [-0.39, 0.29) is 17.6 Å². The van der Waals surface area contributed by atoms with Crippen LogP contribution in [0.1, 0.15) is 50.7 Å². The molecule has 0 bridgehead atoms. The standard InChI is InChI=1S/C25H30N4O3/c1-24(2)19(15-7-11-17(31-5)12-8-15)21(26-28-24)23(30)22-20(25(3,4)29-27-22)16-9-13-18(32-6)14-10-16/h7-14,19-20,28-29H,1-6H3/t19-,20-/m1/s1. The summed E-state index contributed by atoms with van der Waals surface area (Å²) in [6, 6.07) is 15.6. The van der Waals surface area contributed by atoms with Crippen molar-refractivity contribution in [3.05, 3.63) is 59.7 Å². The number of ether oxygens (including phenoxy) is 2. The van der Waals surface area contributed by atoms with Gasteiger partial charge in [-0.25, -0.2) is 0 Å². The van der Waals surface area contributed by atoms with Crippen LogP contribution in [-0.2, 0) is 4.79 Å². The largest absolute Gasteiger partial charge is 0.497 e. The van der Waals surface area contributed by atoms with Gasteiger partial charge in [0, 0.05) is 0 Å². The minimum atomic E-state index is -0.419. The van der Waals surface area contributed by atoms with E-state index in [1.54, 1.807) is 14.2 Å². The third kappa shape index (κ3) is 3.72. The Morgan fingerprint density at radius 2 is 1.06 bits per heavy atom. The Bertz CT molecular complexity index is 984. The molecule has 0 aromatic heterocycles. The van der Waals surface area contributed by atoms with Crippen LogP contribution in [0.4, 0.5) is 0 Å². The molecule has 32 heavy (non-hydrogen) atoms. The quantitative estimate of drug-likeness (QED) is 0.726. The van der Waals surface area contributed by atoms with Gasteiger partial charge < -0.3 is 20.3 Å². The second-order valence-electron chi connectivity index (χ2n) is 9.40. The van der Waals surface area contributed by atoms with Crippen molar-refractivity contribution in [1.29, 1.82) is 0 Å². The number of carbonyl (C=O) groups is 1. The molecule has 0 saturated heterocycles. The Balaban J connectivity index is 1.69. The van der Waals surface area contributed by atoms with Crippen molar-refractivity contribution in [2.75, 3.05) is 14.2 Å². The van der Waals surface area contributed by atoms with Crippen molar-refractivity contribution in [1.82, 2.24) is 10.9 Å². The molecular formula is C25H30N4O3. The minimum Gasteiger partial charge on any atom is -0.497 e. The van der Waals surface area contributed by atoms with Crippen molar-refractivity contribution in [3.8, 4) is 11.5 Å². The second kappa shape index (κ2) is 7.97. The average molecular weight is 435 g/mol. The van der Waals surface area contributed by atoms with Crippen LogP contribution in [0.3, 0.4) is 0 Å². The van der Waals surface area contributed by atoms with E-state index in [1.165, 1.54) is 0 Å². The molecule has 0 aliphatic carbocycles. The lowest BCUT2D eigenvalue weighted by Crippen LogP contribution is -2.43. The number of hydrogen-bond donors (Lipinski definition) is 2. The highest BCUT2D eigenvalue weighted by Gasteiger charge is 2.48. The topological polar surface area (TPSA) is 84.3 Å². The van der Waals surface area contributed by atoms with E-state index < -0.39 is 11.1 Å². The van der Waals surface area contributed by atoms with Crippen molar-refractivity contribution in [2.24, 2.45) is 10.2 Å². The smallest absolute Gasteiger partial charge is 0.226 e. The number of carbonyl (C=O) groups excluding carboxylic acids is 1. The summed E-state index contributed by atoms with van der Waals surface area (Å²) in [5.41, 5.74) is 8.42. The number of benzene rings is 2. The van der Waals surface area contributed by atoms with Gasteiger partial charge in [0.1, 0.15) is 22.9 Å². The summed E-state index contributed by atoms with van der Waals surface area (Å²) >= 11 is 0. The van der Waals surface area contributed by atoms with Crippen LogP contribution in [0.15, 0.2) is 58.7 Å². The number of nitrogens with one attached hydrogen (secondary N) is 2. The fourth-order valence-electron chi connectivity index (χ4n) is 4.59. The molecule has 168 valence electrons. The third-order valence-electron chi connectivity index (χ3n) is 6.28. The Morgan fingerprint density at radius 1 is 0.719 bits per heavy atom. The Hall–Kier alpha value is -3.35. The molecule has 7 heteroatoms. The molecule has 0 spiro atoms. The fourth-order valence-corrected chi connectivity index (χ4v) is 4.59. The molecule has 2 atom stereocenters. The van der Waals surface area contributed by atoms with E-state index in [9.17, 15) is 4.79 Å². The van der Waals surface area contributed by atoms with Gasteiger partial charge in [-0.2, -0.15) is 10.2 Å². The molecule has 2 N–H and O–H groups in total. The maximum atomic E-state index is 13.8. The zero-order valence-corrected chi connectivity index (χ0v) is 19.4. The molecule has 0 fully saturated rings. The van der Waals surface area contributed by atoms with Gasteiger partial charge in [0.05, 0.1) is 37.1 Å². The molecule has 2 aromatic rings. The summed E-state index contributed by atoms with van der Waals surface area (Å²) in [5, 5.41) is 8.99. The Kier molecular flexibility index (Phi) is 5.44. The molecule has 2 aliphatic rings. The number of hydrazone groups is 2. The first kappa shape index (κ1) is 21.9. The second-order valence-corrected chi connectivity index (χ2v) is 9.40. The highest BCUT2D eigenvalue weighted by molar-refractivity contribution is 6.69. The minimum absolute atomic E-state index is 0.150. The summed E-state index contributed by atoms with van der Waals surface area (Å²) in [7, 11) is 3.28. The number of nitrogens with zero attached hydrogens (tertiary/aromatic N) is 2. The maximum Gasteiger partial charge on any atom is 0.226 e. The number of rotatable bonds is 6. The van der Waals surface area contributed by atoms with Gasteiger partial charge in [-0.3, -0.25) is 4.79 Å². The first-order valence-electron chi connectivity index (χ1n) is 10.7. The summed E-state index contributed by atoms with van der Waals surface area (Å²) in [6.07, 6.45) is 0. The van der Waals surface area contributed by atoms with Gasteiger partial charge in [0.15, 0.2) is 0 Å². The monoisotopic (exact) mass is 434 g/mol. The number of methoxy groups -OCH3 is 2. The Morgan fingerprint density at radius 3 is 1.38 bits per heavy atom. The normalized spacial score (nSPS) is 22.9. The summed E-state index contributed by atoms with van der Waals surface area (Å²) in [5.74, 6) is 0.955. The molecule has 2 aliphatic heterocycles. The fraction of sp³-hybridized carbons (Fsp3) is 0.400. The first-order chi connectivity index (χ1) is 15.2. The van der Waals surface area contributed by atoms with Crippen molar-refractivity contribution in [2.45, 2.75) is 50.6 Å². The van der Waals surface area contributed by atoms with E-state index in [4.69, 9.17) is 9.47 Å². The van der Waals surface area contributed by atoms with Crippen LogP contribution in [0, 0.1) is 0 Å². The van der Waals surface area contributed by atoms with E-state index in [0.29, 0.717) is 11.4 Å². The van der Waals surface area contributed by atoms with Crippen LogP contribution in [0.5, 0.6) is 11.5 Å². The van der Waals surface area contributed by atoms with E-state index in [0.717, 1.165) is 22.6 Å². The molecule has 0 saturated carbocycles. The van der Waals surface area contributed by atoms with Gasteiger partial charge >= 0.3 is 0 Å². The lowest BCUT2D eigenvalue weighted by Gasteiger charge is -2.29. The van der Waals surface area contributed by atoms with Gasteiger partial charge in [-0.1, -0.05) is 24.3 Å². The molecular weight excluding hydrogens is 404 g/mol. The van der Waals surface area contributed by atoms with Crippen LogP contribution in [0.25, 0.3) is 0 Å². The van der Waals surface area contributed by atoms with Crippen LogP contribution in [-0.4, -0.2) is 42.5 Å². The molecule has 0 amide bonds. The van der Waals surface area contributed by atoms with Gasteiger partial charge in [-0.15, -0.1) is 0 Å². The third-order valence-corrected chi connectivity index (χ3v) is 6.28. The summed E-state index contributed by atoms with van der Waals surface area (Å²) in [4.78, 5) is 13.8. The molecule has 0 unspecified atom stereocenters. The molecule has 7 nitrogen and oxygen atoms in total. The van der Waals surface area contributed by atoms with Gasteiger partial charge in [0.2, 0.25) is 5.78 Å². The van der Waals surface area contributed by atoms with Gasteiger partial charge in [-0.05, 0) is 63.1 Å². The highest BCUT2D eigenvalue weighted by atomic mass is 16.5. The zero-order valence-electron chi connectivity index (χ0n) is 19.4. The molecule has 2 heterocycles. The van der Waals surface area contributed by atoms with Crippen LogP contribution in [0.2, 0.25) is 0 Å². The molecule has 2 aromatic carbocycles. The lowest BCUT2D eigenvalue weighted by atomic mass is 9.74. The highest BCUT2D eigenvalue weighted by Crippen LogP contribution is 2.39. The molecule has 0 radical (unpaired) electrons. The van der Waals surface area contributed by atoms with E-state index in [1.807, 2.05) is 76.2 Å². The molecule has 4 rings (SSSR count). The number of Topliss-reactive ketones (excluding diaryl/α,β-unsaturated/α-hetero) is 1. The maximum absolute atomic E-state index is 13.8. The first-order valence-corrected chi connectivity index (χ1v) is 10.7. The SMILES string of the molecule is COc1ccc([C@@H]2C(C(=O)C3=NNC(C)(C)[C@@H]3c3ccc(OC)cc3)=NNC2(C)C)cc1. The van der Waals surface area contributed by atoms with Crippen molar-refractivity contribution >= 4 is 17.2 Å². The van der Waals surface area contributed by atoms with Crippen molar-refractivity contribution < 1.29 is 14.3 Å². The number of hydrogen-bond acceptors (Lipinski definition) is 7. The van der Waals surface area contributed by atoms with Crippen LogP contribution < -0.4 is 20.3 Å². The summed E-state index contributed by atoms with van der Waals surface area (Å²) < 4.78 is 10.6.